The highest BCUT2D eigenvalue weighted by Crippen LogP contribution is 2.28. The number of hydrogen-bond acceptors (Lipinski definition) is 7. The summed E-state index contributed by atoms with van der Waals surface area (Å²) in [5.41, 5.74) is 0.593. The van der Waals surface area contributed by atoms with Crippen LogP contribution in [0.4, 0.5) is 4.79 Å². The van der Waals surface area contributed by atoms with Gasteiger partial charge in [0.05, 0.1) is 12.5 Å². The highest BCUT2D eigenvalue weighted by Gasteiger charge is 2.23. The third kappa shape index (κ3) is 5.83. The minimum atomic E-state index is -0.889. The molecule has 0 radical (unpaired) electrons. The van der Waals surface area contributed by atoms with E-state index in [0.717, 1.165) is 12.0 Å². The summed E-state index contributed by atoms with van der Waals surface area (Å²) >= 11 is 0. The number of benzene rings is 3. The summed E-state index contributed by atoms with van der Waals surface area (Å²) in [6.07, 6.45) is 1.23. The van der Waals surface area contributed by atoms with Crippen LogP contribution in [0.2, 0.25) is 0 Å². The molecule has 1 atom stereocenters. The number of unbranched alkanes of at least 4 members (excludes halogenated alkanes) is 1. The first-order valence-electron chi connectivity index (χ1n) is 11.7. The Kier molecular flexibility index (Phi) is 7.85. The molecule has 36 heavy (non-hydrogen) atoms. The van der Waals surface area contributed by atoms with Crippen molar-refractivity contribution >= 4 is 33.8 Å². The zero-order valence-electron chi connectivity index (χ0n) is 20.1. The van der Waals surface area contributed by atoms with Crippen molar-refractivity contribution in [2.24, 2.45) is 0 Å². The van der Waals surface area contributed by atoms with Crippen molar-refractivity contribution < 1.29 is 28.2 Å². The maximum atomic E-state index is 12.9. The average molecular weight is 490 g/mol. The van der Waals surface area contributed by atoms with E-state index in [1.165, 1.54) is 13.2 Å². The minimum Gasteiger partial charge on any atom is -0.497 e. The van der Waals surface area contributed by atoms with Crippen LogP contribution in [0.1, 0.15) is 31.7 Å². The lowest BCUT2D eigenvalue weighted by Crippen LogP contribution is -2.43. The highest BCUT2D eigenvalue weighted by molar-refractivity contribution is 6.05. The zero-order chi connectivity index (χ0) is 25.5. The molecule has 4 rings (SSSR count). The van der Waals surface area contributed by atoms with Gasteiger partial charge in [-0.15, -0.1) is 0 Å². The van der Waals surface area contributed by atoms with Crippen molar-refractivity contribution in [2.75, 3.05) is 7.11 Å². The third-order valence-corrected chi connectivity index (χ3v) is 5.75. The van der Waals surface area contributed by atoms with Gasteiger partial charge in [0.25, 0.3) is 0 Å². The number of ether oxygens (including phenoxy) is 3. The Bertz CT molecular complexity index is 1430. The van der Waals surface area contributed by atoms with E-state index in [1.807, 2.05) is 37.3 Å². The number of nitrogens with one attached hydrogen (secondary N) is 1. The molecule has 0 aliphatic heterocycles. The summed E-state index contributed by atoms with van der Waals surface area (Å²) in [7, 11) is 1.52. The molecule has 0 aliphatic rings. The average Bonchev–Trinajstić information content (AvgIpc) is 2.90. The van der Waals surface area contributed by atoms with Crippen LogP contribution in [0, 0.1) is 0 Å². The van der Waals surface area contributed by atoms with Gasteiger partial charge in [0, 0.05) is 16.8 Å². The molecule has 0 spiro atoms. The summed E-state index contributed by atoms with van der Waals surface area (Å²) < 4.78 is 21.5. The molecule has 0 saturated carbocycles. The molecule has 1 amide bonds. The van der Waals surface area contributed by atoms with Gasteiger partial charge in [-0.3, -0.25) is 0 Å². The van der Waals surface area contributed by atoms with Gasteiger partial charge < -0.3 is 23.9 Å². The van der Waals surface area contributed by atoms with E-state index in [4.69, 9.17) is 18.6 Å². The molecular weight excluding hydrogens is 462 g/mol. The summed E-state index contributed by atoms with van der Waals surface area (Å²) in [6.45, 7) is 2.08. The van der Waals surface area contributed by atoms with Gasteiger partial charge >= 0.3 is 17.7 Å². The lowest BCUT2D eigenvalue weighted by molar-refractivity contribution is -0.136. The number of carbonyl (C=O) groups is 2. The Labute approximate surface area is 207 Å². The molecule has 0 bridgehead atoms. The smallest absolute Gasteiger partial charge is 0.408 e. The van der Waals surface area contributed by atoms with E-state index in [9.17, 15) is 14.4 Å². The van der Waals surface area contributed by atoms with Crippen molar-refractivity contribution in [1.82, 2.24) is 5.32 Å². The number of carbonyl (C=O) groups excluding carboxylic acids is 2. The molecule has 1 N–H and O–H groups in total. The predicted octanol–water partition coefficient (Wildman–Crippen LogP) is 5.35. The Balaban J connectivity index is 1.49. The molecule has 8 nitrogen and oxygen atoms in total. The van der Waals surface area contributed by atoms with Gasteiger partial charge in [-0.25, -0.2) is 14.4 Å². The van der Waals surface area contributed by atoms with Gasteiger partial charge in [0.2, 0.25) is 0 Å². The van der Waals surface area contributed by atoms with Crippen molar-refractivity contribution in [2.45, 2.75) is 38.8 Å². The van der Waals surface area contributed by atoms with Crippen molar-refractivity contribution in [3.8, 4) is 11.5 Å². The molecule has 1 aromatic heterocycles. The second-order valence-corrected chi connectivity index (χ2v) is 8.28. The molecular formula is C28H27NO7. The Hall–Kier alpha value is -4.33. The second-order valence-electron chi connectivity index (χ2n) is 8.28. The fraction of sp³-hybridized carbons (Fsp3) is 0.250. The molecule has 0 aliphatic carbocycles. The summed E-state index contributed by atoms with van der Waals surface area (Å²) in [5.74, 6) is 0.115. The lowest BCUT2D eigenvalue weighted by Gasteiger charge is -2.17. The van der Waals surface area contributed by atoms with Crippen LogP contribution in [0.3, 0.4) is 0 Å². The minimum absolute atomic E-state index is 0.0890. The van der Waals surface area contributed by atoms with E-state index < -0.39 is 23.7 Å². The summed E-state index contributed by atoms with van der Waals surface area (Å²) in [5, 5.41) is 4.38. The fourth-order valence-electron chi connectivity index (χ4n) is 3.83. The van der Waals surface area contributed by atoms with E-state index >= 15 is 0 Å². The summed E-state index contributed by atoms with van der Waals surface area (Å²) in [4.78, 5) is 37.8. The van der Waals surface area contributed by atoms with Crippen LogP contribution < -0.4 is 20.4 Å². The second kappa shape index (κ2) is 11.4. The summed E-state index contributed by atoms with van der Waals surface area (Å²) in [6, 6.07) is 18.4. The van der Waals surface area contributed by atoms with Gasteiger partial charge in [-0.1, -0.05) is 50.1 Å². The maximum Gasteiger partial charge on any atom is 0.408 e. The van der Waals surface area contributed by atoms with Gasteiger partial charge in [0.1, 0.15) is 29.7 Å². The van der Waals surface area contributed by atoms with Gasteiger partial charge in [0.15, 0.2) is 0 Å². The third-order valence-electron chi connectivity index (χ3n) is 5.75. The number of fused-ring (bicyclic) bond motifs is 3. The molecule has 4 aromatic rings. The maximum absolute atomic E-state index is 12.9. The first-order chi connectivity index (χ1) is 17.5. The van der Waals surface area contributed by atoms with Crippen LogP contribution in [-0.4, -0.2) is 25.2 Å². The number of methoxy groups -OCH3 is 1. The molecule has 0 fully saturated rings. The number of esters is 1. The van der Waals surface area contributed by atoms with E-state index in [1.54, 1.807) is 30.3 Å². The predicted molar refractivity (Wildman–Crippen MR) is 135 cm³/mol. The number of rotatable bonds is 9. The molecule has 0 unspecified atom stereocenters. The lowest BCUT2D eigenvalue weighted by atomic mass is 10.1. The van der Waals surface area contributed by atoms with Crippen molar-refractivity contribution in [3.63, 3.8) is 0 Å². The molecule has 1 heterocycles. The van der Waals surface area contributed by atoms with Gasteiger partial charge in [-0.2, -0.15) is 0 Å². The standard InChI is InChI=1S/C28H27NO7/c1-3-4-10-24(29-28(32)34-17-18-8-6-5-7-9-18)27(31)35-20-12-14-22-21-13-11-19(33-2)15-23(21)26(30)36-25(22)16-20/h5-9,11-16,24H,3-4,10,17H2,1-2H3,(H,29,32)/t24-/m1/s1. The number of amides is 1. The molecule has 186 valence electrons. The fourth-order valence-corrected chi connectivity index (χ4v) is 3.83. The molecule has 0 saturated heterocycles. The first kappa shape index (κ1) is 24.8. The van der Waals surface area contributed by atoms with Crippen LogP contribution in [0.15, 0.2) is 75.9 Å². The number of alkyl carbamates (subject to hydrolysis) is 1. The quantitative estimate of drug-likeness (QED) is 0.146. The van der Waals surface area contributed by atoms with E-state index in [0.29, 0.717) is 34.7 Å². The SMILES string of the molecule is CCCC[C@@H](NC(=O)OCc1ccccc1)C(=O)Oc1ccc2c(c1)oc(=O)c1cc(OC)ccc12. The van der Waals surface area contributed by atoms with E-state index in [-0.39, 0.29) is 17.9 Å². The largest absolute Gasteiger partial charge is 0.497 e. The van der Waals surface area contributed by atoms with Crippen LogP contribution in [0.5, 0.6) is 11.5 Å². The Morgan fingerprint density at radius 3 is 2.44 bits per heavy atom. The van der Waals surface area contributed by atoms with Crippen molar-refractivity contribution in [1.29, 1.82) is 0 Å². The van der Waals surface area contributed by atoms with Crippen LogP contribution in [-0.2, 0) is 16.1 Å². The zero-order valence-corrected chi connectivity index (χ0v) is 20.1. The Morgan fingerprint density at radius 2 is 1.69 bits per heavy atom. The molecule has 8 heteroatoms. The van der Waals surface area contributed by atoms with E-state index in [2.05, 4.69) is 5.32 Å². The number of hydrogen-bond donors (Lipinski definition) is 1. The van der Waals surface area contributed by atoms with Gasteiger partial charge in [-0.05, 0) is 42.3 Å². The molecule has 3 aromatic carbocycles. The topological polar surface area (TPSA) is 104 Å². The van der Waals surface area contributed by atoms with Crippen molar-refractivity contribution in [3.05, 3.63) is 82.7 Å². The Morgan fingerprint density at radius 1 is 0.944 bits per heavy atom. The van der Waals surface area contributed by atoms with Crippen LogP contribution in [0.25, 0.3) is 21.7 Å². The normalized spacial score (nSPS) is 11.7. The monoisotopic (exact) mass is 489 g/mol. The van der Waals surface area contributed by atoms with Crippen LogP contribution >= 0.6 is 0 Å². The first-order valence-corrected chi connectivity index (χ1v) is 11.7. The highest BCUT2D eigenvalue weighted by atomic mass is 16.6.